The zero-order chi connectivity index (χ0) is 13.0. The van der Waals surface area contributed by atoms with Gasteiger partial charge in [-0.25, -0.2) is 0 Å². The number of aromatic nitrogens is 1. The molecule has 1 heterocycles. The van der Waals surface area contributed by atoms with Crippen molar-refractivity contribution in [3.05, 3.63) is 53.3 Å². The summed E-state index contributed by atoms with van der Waals surface area (Å²) in [5, 5.41) is 0. The largest absolute Gasteiger partial charge is 0.493 e. The van der Waals surface area contributed by atoms with Gasteiger partial charge in [0.15, 0.2) is 0 Å². The lowest BCUT2D eigenvalue weighted by Gasteiger charge is -2.13. The SMILES string of the molecule is Cc1ccc(N)c(C)c1OCCc1cccnc1. The minimum absolute atomic E-state index is 0.636. The molecule has 0 aliphatic carbocycles. The fraction of sp³-hybridized carbons (Fsp3) is 0.267. The van der Waals surface area contributed by atoms with Gasteiger partial charge in [-0.05, 0) is 37.1 Å². The van der Waals surface area contributed by atoms with Gasteiger partial charge in [0.25, 0.3) is 0 Å². The van der Waals surface area contributed by atoms with Gasteiger partial charge < -0.3 is 10.5 Å². The fourth-order valence-corrected chi connectivity index (χ4v) is 1.88. The van der Waals surface area contributed by atoms with Crippen molar-refractivity contribution < 1.29 is 4.74 Å². The summed E-state index contributed by atoms with van der Waals surface area (Å²) in [5.41, 5.74) is 9.97. The Bertz CT molecular complexity index is 524. The molecule has 94 valence electrons. The van der Waals surface area contributed by atoms with Crippen LogP contribution in [0.25, 0.3) is 0 Å². The molecule has 2 rings (SSSR count). The van der Waals surface area contributed by atoms with Gasteiger partial charge in [-0.15, -0.1) is 0 Å². The van der Waals surface area contributed by atoms with Crippen LogP contribution >= 0.6 is 0 Å². The third-order valence-electron chi connectivity index (χ3n) is 3.00. The summed E-state index contributed by atoms with van der Waals surface area (Å²) in [5.74, 6) is 0.902. The van der Waals surface area contributed by atoms with E-state index in [1.807, 2.05) is 38.2 Å². The molecule has 2 aromatic rings. The molecule has 0 radical (unpaired) electrons. The molecule has 18 heavy (non-hydrogen) atoms. The molecule has 0 aliphatic rings. The van der Waals surface area contributed by atoms with E-state index in [-0.39, 0.29) is 0 Å². The van der Waals surface area contributed by atoms with Crippen LogP contribution in [-0.2, 0) is 6.42 Å². The van der Waals surface area contributed by atoms with Crippen LogP contribution in [0.2, 0.25) is 0 Å². The number of nitrogens with zero attached hydrogens (tertiary/aromatic N) is 1. The van der Waals surface area contributed by atoms with Gasteiger partial charge in [0.1, 0.15) is 5.75 Å². The molecule has 1 aromatic heterocycles. The number of nitrogens with two attached hydrogens (primary N) is 1. The fourth-order valence-electron chi connectivity index (χ4n) is 1.88. The van der Waals surface area contributed by atoms with Crippen molar-refractivity contribution in [1.29, 1.82) is 0 Å². The van der Waals surface area contributed by atoms with Crippen LogP contribution in [0.3, 0.4) is 0 Å². The molecule has 0 saturated heterocycles. The monoisotopic (exact) mass is 242 g/mol. The number of hydrogen-bond acceptors (Lipinski definition) is 3. The lowest BCUT2D eigenvalue weighted by Crippen LogP contribution is -2.05. The molecule has 0 atom stereocenters. The van der Waals surface area contributed by atoms with Crippen molar-refractivity contribution in [2.75, 3.05) is 12.3 Å². The molecule has 0 spiro atoms. The van der Waals surface area contributed by atoms with E-state index in [1.165, 1.54) is 5.56 Å². The number of hydrogen-bond donors (Lipinski definition) is 1. The number of rotatable bonds is 4. The van der Waals surface area contributed by atoms with Gasteiger partial charge >= 0.3 is 0 Å². The van der Waals surface area contributed by atoms with Crippen LogP contribution in [0.15, 0.2) is 36.7 Å². The Morgan fingerprint density at radius 3 is 2.78 bits per heavy atom. The highest BCUT2D eigenvalue weighted by Gasteiger charge is 2.06. The maximum absolute atomic E-state index is 5.88. The van der Waals surface area contributed by atoms with Gasteiger partial charge in [-0.1, -0.05) is 12.1 Å². The van der Waals surface area contributed by atoms with Gasteiger partial charge in [0.2, 0.25) is 0 Å². The zero-order valence-electron chi connectivity index (χ0n) is 10.8. The van der Waals surface area contributed by atoms with E-state index in [0.717, 1.165) is 29.0 Å². The van der Waals surface area contributed by atoms with E-state index in [0.29, 0.717) is 6.61 Å². The summed E-state index contributed by atoms with van der Waals surface area (Å²) in [6.07, 6.45) is 4.49. The predicted molar refractivity (Wildman–Crippen MR) is 73.8 cm³/mol. The summed E-state index contributed by atoms with van der Waals surface area (Å²) in [6.45, 7) is 4.66. The molecule has 3 nitrogen and oxygen atoms in total. The van der Waals surface area contributed by atoms with Gasteiger partial charge in [0, 0.05) is 30.1 Å². The first-order valence-corrected chi connectivity index (χ1v) is 6.06. The Morgan fingerprint density at radius 1 is 1.22 bits per heavy atom. The summed E-state index contributed by atoms with van der Waals surface area (Å²) >= 11 is 0. The Morgan fingerprint density at radius 2 is 2.06 bits per heavy atom. The number of benzene rings is 1. The molecule has 0 amide bonds. The van der Waals surface area contributed by atoms with Crippen LogP contribution in [0.5, 0.6) is 5.75 Å². The van der Waals surface area contributed by atoms with Crippen LogP contribution in [0.1, 0.15) is 16.7 Å². The quantitative estimate of drug-likeness (QED) is 0.839. The highest BCUT2D eigenvalue weighted by Crippen LogP contribution is 2.27. The third-order valence-corrected chi connectivity index (χ3v) is 3.00. The minimum Gasteiger partial charge on any atom is -0.493 e. The molecule has 0 bridgehead atoms. The van der Waals surface area contributed by atoms with Crippen molar-refractivity contribution in [2.45, 2.75) is 20.3 Å². The Balaban J connectivity index is 2.01. The van der Waals surface area contributed by atoms with Crippen LogP contribution in [-0.4, -0.2) is 11.6 Å². The normalized spacial score (nSPS) is 10.3. The van der Waals surface area contributed by atoms with Gasteiger partial charge in [-0.2, -0.15) is 0 Å². The second-order valence-corrected chi connectivity index (χ2v) is 4.39. The Hall–Kier alpha value is -2.03. The first-order chi connectivity index (χ1) is 8.68. The highest BCUT2D eigenvalue weighted by atomic mass is 16.5. The number of anilines is 1. The standard InChI is InChI=1S/C15H18N2O/c1-11-5-6-14(16)12(2)15(11)18-9-7-13-4-3-8-17-10-13/h3-6,8,10H,7,9,16H2,1-2H3. The van der Waals surface area contributed by atoms with E-state index in [1.54, 1.807) is 6.20 Å². The summed E-state index contributed by atoms with van der Waals surface area (Å²) in [6, 6.07) is 7.89. The first kappa shape index (κ1) is 12.4. The smallest absolute Gasteiger partial charge is 0.127 e. The van der Waals surface area contributed by atoms with Crippen LogP contribution in [0, 0.1) is 13.8 Å². The maximum atomic E-state index is 5.88. The number of ether oxygens (including phenoxy) is 1. The summed E-state index contributed by atoms with van der Waals surface area (Å²) < 4.78 is 5.84. The topological polar surface area (TPSA) is 48.1 Å². The van der Waals surface area contributed by atoms with E-state index in [2.05, 4.69) is 11.1 Å². The van der Waals surface area contributed by atoms with Gasteiger partial charge in [0.05, 0.1) is 6.61 Å². The second kappa shape index (κ2) is 5.54. The number of nitrogen functional groups attached to an aromatic ring is 1. The minimum atomic E-state index is 0.636. The second-order valence-electron chi connectivity index (χ2n) is 4.39. The van der Waals surface area contributed by atoms with E-state index in [9.17, 15) is 0 Å². The van der Waals surface area contributed by atoms with Crippen LogP contribution in [0.4, 0.5) is 5.69 Å². The van der Waals surface area contributed by atoms with Crippen molar-refractivity contribution in [2.24, 2.45) is 0 Å². The molecule has 0 fully saturated rings. The first-order valence-electron chi connectivity index (χ1n) is 6.06. The average molecular weight is 242 g/mol. The molecule has 1 aromatic carbocycles. The van der Waals surface area contributed by atoms with E-state index in [4.69, 9.17) is 10.5 Å². The third kappa shape index (κ3) is 2.80. The number of pyridine rings is 1. The Labute approximate surface area is 108 Å². The molecular weight excluding hydrogens is 224 g/mol. The summed E-state index contributed by atoms with van der Waals surface area (Å²) in [7, 11) is 0. The van der Waals surface area contributed by atoms with Crippen molar-refractivity contribution in [3.63, 3.8) is 0 Å². The average Bonchev–Trinajstić information content (AvgIpc) is 2.39. The lowest BCUT2D eigenvalue weighted by atomic mass is 10.1. The summed E-state index contributed by atoms with van der Waals surface area (Å²) in [4.78, 5) is 4.08. The molecule has 2 N–H and O–H groups in total. The van der Waals surface area contributed by atoms with E-state index < -0.39 is 0 Å². The van der Waals surface area contributed by atoms with Crippen molar-refractivity contribution in [3.8, 4) is 5.75 Å². The van der Waals surface area contributed by atoms with Gasteiger partial charge in [-0.3, -0.25) is 4.98 Å². The predicted octanol–water partition coefficient (Wildman–Crippen LogP) is 2.90. The molecule has 3 heteroatoms. The number of aryl methyl sites for hydroxylation is 1. The van der Waals surface area contributed by atoms with Crippen molar-refractivity contribution in [1.82, 2.24) is 4.98 Å². The zero-order valence-corrected chi connectivity index (χ0v) is 10.8. The lowest BCUT2D eigenvalue weighted by molar-refractivity contribution is 0.317. The van der Waals surface area contributed by atoms with Crippen LogP contribution < -0.4 is 10.5 Å². The molecular formula is C15H18N2O. The highest BCUT2D eigenvalue weighted by molar-refractivity contribution is 5.56. The van der Waals surface area contributed by atoms with E-state index >= 15 is 0 Å². The molecule has 0 saturated carbocycles. The molecule has 0 unspecified atom stereocenters. The van der Waals surface area contributed by atoms with Crippen molar-refractivity contribution >= 4 is 5.69 Å². The Kier molecular flexibility index (Phi) is 3.82. The molecule has 0 aliphatic heterocycles. The maximum Gasteiger partial charge on any atom is 0.127 e.